The van der Waals surface area contributed by atoms with Gasteiger partial charge in [-0.3, -0.25) is 19.9 Å². The minimum atomic E-state index is -0.787. The maximum Gasteiger partial charge on any atom is 0.228 e. The van der Waals surface area contributed by atoms with Gasteiger partial charge in [-0.05, 0) is 58.7 Å². The van der Waals surface area contributed by atoms with Crippen LogP contribution in [0.4, 0.5) is 0 Å². The first-order valence-electron chi connectivity index (χ1n) is 42.6. The zero-order valence-corrected chi connectivity index (χ0v) is 74.9. The van der Waals surface area contributed by atoms with Gasteiger partial charge in [-0.15, -0.1) is 11.3 Å². The summed E-state index contributed by atoms with van der Waals surface area (Å²) < 4.78 is 10.2. The summed E-state index contributed by atoms with van der Waals surface area (Å²) in [5.41, 5.74) is 19.2. The maximum absolute atomic E-state index is 11.0. The van der Waals surface area contributed by atoms with Gasteiger partial charge in [-0.1, -0.05) is 182 Å². The number of aliphatic hydroxyl groups is 5. The normalized spacial score (nSPS) is 13.1. The summed E-state index contributed by atoms with van der Waals surface area (Å²) >= 11 is 1.55. The predicted octanol–water partition coefficient (Wildman–Crippen LogP) is 21.4. The zero-order valence-electron chi connectivity index (χ0n) is 70.7. The van der Waals surface area contributed by atoms with E-state index in [1.807, 2.05) is 340 Å². The van der Waals surface area contributed by atoms with Crippen LogP contribution in [0.1, 0.15) is 84.1 Å². The van der Waals surface area contributed by atoms with Crippen molar-refractivity contribution in [2.24, 2.45) is 9.98 Å². The van der Waals surface area contributed by atoms with Crippen molar-refractivity contribution in [3.05, 3.63) is 486 Å². The summed E-state index contributed by atoms with van der Waals surface area (Å²) in [6, 6.07) is 119. The van der Waals surface area contributed by atoms with E-state index in [4.69, 9.17) is 29.4 Å². The van der Waals surface area contributed by atoms with Crippen molar-refractivity contribution in [3.63, 3.8) is 0 Å². The molecule has 9 aromatic heterocycles. The first-order chi connectivity index (χ1) is 64.0. The summed E-state index contributed by atoms with van der Waals surface area (Å²) in [6.07, 6.45) is 17.2. The van der Waals surface area contributed by atoms with E-state index < -0.39 is 36.6 Å². The average molecular weight is 1850 g/mol. The second-order valence-electron chi connectivity index (χ2n) is 30.4. The van der Waals surface area contributed by atoms with Gasteiger partial charge in [0.1, 0.15) is 22.8 Å². The van der Waals surface area contributed by atoms with Crippen LogP contribution in [-0.2, 0) is 32.1 Å². The number of aromatic nitrogens is 9. The van der Waals surface area contributed by atoms with Gasteiger partial charge in [0.2, 0.25) is 5.89 Å². The van der Waals surface area contributed by atoms with Crippen LogP contribution in [0.5, 0.6) is 0 Å². The molecule has 0 bridgehead atoms. The summed E-state index contributed by atoms with van der Waals surface area (Å²) in [5, 5.41) is 55.4. The van der Waals surface area contributed by atoms with E-state index in [9.17, 15) is 25.5 Å². The van der Waals surface area contributed by atoms with Crippen molar-refractivity contribution in [1.29, 1.82) is 0 Å². The fourth-order valence-corrected chi connectivity index (χ4v) is 20.4. The Hall–Kier alpha value is -14.2. The monoisotopic (exact) mass is 1850 g/mol. The summed E-state index contributed by atoms with van der Waals surface area (Å²) in [7, 11) is 0. The molecule has 17 nitrogen and oxygen atoms in total. The van der Waals surface area contributed by atoms with E-state index in [0.717, 1.165) is 134 Å². The minimum absolute atomic E-state index is 0.0254. The van der Waals surface area contributed by atoms with E-state index in [0.29, 0.717) is 55.3 Å². The van der Waals surface area contributed by atoms with Crippen LogP contribution in [0.15, 0.2) is 440 Å². The quantitative estimate of drug-likeness (QED) is 0.0334. The molecule has 0 radical (unpaired) electrons. The van der Waals surface area contributed by atoms with Crippen molar-refractivity contribution < 1.29 is 29.9 Å². The van der Waals surface area contributed by atoms with Crippen LogP contribution in [0, 0.1) is 0 Å². The molecule has 0 amide bonds. The number of hydrogen-bond acceptors (Lipinski definition) is 18. The number of hydrogen-bond donors (Lipinski definition) is 5. The number of aliphatic imine (C=N–C) groups is 2. The van der Waals surface area contributed by atoms with Crippen molar-refractivity contribution in [3.8, 4) is 86.1 Å². The number of aliphatic hydroxyl groups excluding tert-OH is 5. The molecule has 10 aromatic carbocycles. The summed E-state index contributed by atoms with van der Waals surface area (Å²) in [4.78, 5) is 50.5. The van der Waals surface area contributed by atoms with Gasteiger partial charge in [-0.2, -0.15) is 0 Å². The van der Waals surface area contributed by atoms with Crippen LogP contribution in [0.3, 0.4) is 0 Å². The zero-order chi connectivity index (χ0) is 88.8. The van der Waals surface area contributed by atoms with Gasteiger partial charge in [-0.25, -0.2) is 15.0 Å². The molecule has 640 valence electrons. The first-order valence-corrected chi connectivity index (χ1v) is 46.9. The number of rotatable bonds is 25. The van der Waals surface area contributed by atoms with E-state index in [-0.39, 0.29) is 29.0 Å². The SMILES string of the molecule is OC(Cc1ccccc1)C1N=C(c2cccnc2)N=C1c1ccccc1.OC(Cc1ccccc1)c1[se]c(-c2cccnc2)nc1-c1ccccc1.OC(Cc1ccccc1)c1nc(-c2cccnc2)[se]c1-c1ccccc1.OC(Cc1ccccc1)c1oc(-c2cccnc2)nc1-c1ccccc1.OC(Cc1ccccc1)c1sc(-c2cccnc2)nc1-c1ccccc1. The number of thiazole rings is 1. The Bertz CT molecular complexity index is 6040. The van der Waals surface area contributed by atoms with Crippen LogP contribution in [0.2, 0.25) is 0 Å². The Morgan fingerprint density at radius 1 is 0.300 bits per heavy atom. The topological polar surface area (TPSA) is 255 Å². The van der Waals surface area contributed by atoms with E-state index in [1.54, 1.807) is 49.6 Å². The molecule has 10 heterocycles. The fraction of sp³-hybridized carbons (Fsp3) is 0.100. The average Bonchev–Trinajstić information content (AvgIpc) is 0.890. The van der Waals surface area contributed by atoms with Crippen molar-refractivity contribution in [2.45, 2.75) is 68.7 Å². The predicted molar refractivity (Wildman–Crippen MR) is 520 cm³/mol. The Balaban J connectivity index is 0.000000119. The van der Waals surface area contributed by atoms with Crippen LogP contribution < -0.4 is 0 Å². The standard InChI is InChI=1S/C22H19N3O.C22H18N2O2.C22H18N2OS.2C22H18N2OSe/c26-19(14-16-8-3-1-4-9-16)21-20(17-10-5-2-6-11-17)24-22(25-21)18-12-7-13-23-15-18;2*25-19(14-16-8-3-1-4-9-16)21-20(17-10-5-2-6-11-17)24-22(26-21)18-12-7-13-23-15-18;25-19(14-16-8-3-1-4-9-16)20-21(17-10-5-2-6-11-17)26-22(24-20)18-12-7-13-23-15-18;25-19(14-16-8-3-1-4-9-16)21-20(17-10-5-2-6-11-17)24-22(26-21)18-12-7-13-23-15-18/h1-13,15,19,21,26H,14H2;4*1-13,15,19,25H,14H2. The first kappa shape index (κ1) is 89.2. The summed E-state index contributed by atoms with van der Waals surface area (Å²) in [6.45, 7) is 0. The number of amidine groups is 1. The van der Waals surface area contributed by atoms with Crippen LogP contribution in [0.25, 0.3) is 86.1 Å². The molecule has 1 aliphatic rings. The molecule has 0 saturated heterocycles. The second kappa shape index (κ2) is 45.5. The van der Waals surface area contributed by atoms with Gasteiger partial charge in [0, 0.05) is 78.7 Å². The molecule has 0 aliphatic carbocycles. The number of oxazole rings is 1. The van der Waals surface area contributed by atoms with Gasteiger partial charge in [0.05, 0.1) is 34.1 Å². The molecule has 5 N–H and O–H groups in total. The smallest absolute Gasteiger partial charge is 0.228 e. The third kappa shape index (κ3) is 24.0. The largest absolute Gasteiger partial charge is 0.438 e. The molecular weight excluding hydrogens is 1760 g/mol. The Morgan fingerprint density at radius 2 is 0.662 bits per heavy atom. The van der Waals surface area contributed by atoms with E-state index in [2.05, 4.69) is 66.3 Å². The van der Waals surface area contributed by atoms with Crippen molar-refractivity contribution in [1.82, 2.24) is 44.9 Å². The Kier molecular flexibility index (Phi) is 31.2. The second-order valence-corrected chi connectivity index (χ2v) is 35.7. The summed E-state index contributed by atoms with van der Waals surface area (Å²) in [5.74, 6) is 1.55. The van der Waals surface area contributed by atoms with Crippen molar-refractivity contribution >= 4 is 51.9 Å². The number of pyridine rings is 5. The Morgan fingerprint density at radius 3 is 1.12 bits per heavy atom. The van der Waals surface area contributed by atoms with E-state index in [1.165, 1.54) is 11.3 Å². The van der Waals surface area contributed by atoms with Gasteiger partial charge in [0.25, 0.3) is 0 Å². The molecule has 0 fully saturated rings. The molecule has 20 rings (SSSR count). The number of benzene rings is 10. The molecule has 130 heavy (non-hydrogen) atoms. The Labute approximate surface area is 771 Å². The molecule has 19 aromatic rings. The molecule has 1 aliphatic heterocycles. The molecule has 6 atom stereocenters. The van der Waals surface area contributed by atoms with Crippen LogP contribution in [-0.4, -0.2) is 123 Å². The van der Waals surface area contributed by atoms with Gasteiger partial charge in [0.15, 0.2) is 11.6 Å². The third-order valence-corrected chi connectivity index (χ3v) is 27.3. The molecule has 20 heteroatoms. The maximum atomic E-state index is 11.0. The fourth-order valence-electron chi connectivity index (χ4n) is 14.7. The van der Waals surface area contributed by atoms with E-state index >= 15 is 0 Å². The molecular formula is C110H91N11O6SSe2. The molecule has 0 saturated carbocycles. The molecule has 0 spiro atoms. The van der Waals surface area contributed by atoms with Gasteiger partial charge >= 0.3 is 317 Å². The number of nitrogens with zero attached hydrogens (tertiary/aromatic N) is 11. The van der Waals surface area contributed by atoms with Crippen molar-refractivity contribution in [2.75, 3.05) is 0 Å². The minimum Gasteiger partial charge on any atom is -0.438 e. The van der Waals surface area contributed by atoms with Gasteiger partial charge < -0.3 is 19.7 Å². The third-order valence-electron chi connectivity index (χ3n) is 21.1. The molecule has 6 unspecified atom stereocenters. The van der Waals surface area contributed by atoms with Crippen LogP contribution >= 0.6 is 11.3 Å².